The Bertz CT molecular complexity index is 130. The summed E-state index contributed by atoms with van der Waals surface area (Å²) in [5, 5.41) is 8.43. The Morgan fingerprint density at radius 1 is 1.07 bits per heavy atom. The van der Waals surface area contributed by atoms with Gasteiger partial charge < -0.3 is 5.11 Å². The zero-order valence-corrected chi connectivity index (χ0v) is 7.94. The Balaban J connectivity index is 2.99. The van der Waals surface area contributed by atoms with Gasteiger partial charge >= 0.3 is 6.18 Å². The van der Waals surface area contributed by atoms with Gasteiger partial charge in [-0.25, -0.2) is 5.48 Å². The van der Waals surface area contributed by atoms with Crippen LogP contribution in [0.5, 0.6) is 0 Å². The van der Waals surface area contributed by atoms with Crippen molar-refractivity contribution >= 4 is 0 Å². The summed E-state index contributed by atoms with van der Waals surface area (Å²) < 4.78 is 34.6. The lowest BCUT2D eigenvalue weighted by atomic mass is 10.2. The van der Waals surface area contributed by atoms with Crippen LogP contribution < -0.4 is 5.48 Å². The number of aliphatic hydroxyl groups is 1. The number of rotatable bonds is 8. The molecule has 6 heteroatoms. The van der Waals surface area contributed by atoms with Crippen molar-refractivity contribution in [3.8, 4) is 0 Å². The van der Waals surface area contributed by atoms with Crippen LogP contribution in [-0.4, -0.2) is 31.0 Å². The molecule has 3 nitrogen and oxygen atoms in total. The van der Waals surface area contributed by atoms with E-state index in [4.69, 9.17) is 5.11 Å². The van der Waals surface area contributed by atoms with Gasteiger partial charge in [-0.2, -0.15) is 13.2 Å². The molecule has 0 rings (SSSR count). The number of hydrogen-bond donors (Lipinski definition) is 2. The van der Waals surface area contributed by atoms with Gasteiger partial charge in [0.1, 0.15) is 0 Å². The Morgan fingerprint density at radius 3 is 2.29 bits per heavy atom. The summed E-state index contributed by atoms with van der Waals surface area (Å²) >= 11 is 0. The number of hydroxylamine groups is 1. The van der Waals surface area contributed by atoms with E-state index in [1.165, 1.54) is 0 Å². The lowest BCUT2D eigenvalue weighted by Gasteiger charge is -2.07. The summed E-state index contributed by atoms with van der Waals surface area (Å²) in [6.07, 6.45) is -1.02. The largest absolute Gasteiger partial charge is 0.413 e. The second-order valence-corrected chi connectivity index (χ2v) is 2.94. The third-order valence-corrected chi connectivity index (χ3v) is 1.52. The topological polar surface area (TPSA) is 41.5 Å². The second-order valence-electron chi connectivity index (χ2n) is 2.94. The fraction of sp³-hybridized carbons (Fsp3) is 1.00. The smallest absolute Gasteiger partial charge is 0.396 e. The summed E-state index contributed by atoms with van der Waals surface area (Å²) in [6, 6.07) is 0. The maximum absolute atomic E-state index is 11.5. The van der Waals surface area contributed by atoms with Crippen LogP contribution in [0.2, 0.25) is 0 Å². The van der Waals surface area contributed by atoms with E-state index in [0.29, 0.717) is 6.54 Å². The third kappa shape index (κ3) is 11.7. The molecule has 14 heavy (non-hydrogen) atoms. The number of aliphatic hydroxyl groups excluding tert-OH is 1. The molecule has 0 saturated heterocycles. The van der Waals surface area contributed by atoms with Crippen LogP contribution >= 0.6 is 0 Å². The van der Waals surface area contributed by atoms with Crippen LogP contribution in [0.15, 0.2) is 0 Å². The number of nitrogens with one attached hydrogen (secondary N) is 1. The van der Waals surface area contributed by atoms with Crippen LogP contribution in [0.3, 0.4) is 0 Å². The molecule has 0 aliphatic rings. The first kappa shape index (κ1) is 13.7. The number of unbranched alkanes of at least 4 members (excludes halogenated alkanes) is 3. The molecule has 2 N–H and O–H groups in total. The Labute approximate surface area is 81.2 Å². The van der Waals surface area contributed by atoms with Crippen molar-refractivity contribution in [2.45, 2.75) is 31.9 Å². The predicted molar refractivity (Wildman–Crippen MR) is 45.6 cm³/mol. The Morgan fingerprint density at radius 2 is 1.71 bits per heavy atom. The fourth-order valence-electron chi connectivity index (χ4n) is 0.868. The maximum Gasteiger partial charge on any atom is 0.413 e. The van der Waals surface area contributed by atoms with Crippen molar-refractivity contribution in [1.29, 1.82) is 0 Å². The standard InChI is InChI=1S/C8H16F3NO2/c9-8(10,11)7-14-12-5-3-1-2-4-6-13/h12-13H,1-7H2. The minimum Gasteiger partial charge on any atom is -0.396 e. The SMILES string of the molecule is OCCCCCCNOCC(F)(F)F. The van der Waals surface area contributed by atoms with Crippen molar-refractivity contribution in [2.75, 3.05) is 19.8 Å². The van der Waals surface area contributed by atoms with Crippen LogP contribution in [0.1, 0.15) is 25.7 Å². The number of hydrogen-bond acceptors (Lipinski definition) is 3. The normalized spacial score (nSPS) is 12.0. The molecular formula is C8H16F3NO2. The average molecular weight is 215 g/mol. The molecule has 0 atom stereocenters. The molecule has 0 saturated carbocycles. The first-order valence-corrected chi connectivity index (χ1v) is 4.58. The summed E-state index contributed by atoms with van der Waals surface area (Å²) in [4.78, 5) is 4.18. The monoisotopic (exact) mass is 215 g/mol. The highest BCUT2D eigenvalue weighted by Gasteiger charge is 2.27. The Hall–Kier alpha value is -0.330. The van der Waals surface area contributed by atoms with Crippen molar-refractivity contribution in [3.63, 3.8) is 0 Å². The summed E-state index contributed by atoms with van der Waals surface area (Å²) in [7, 11) is 0. The highest BCUT2D eigenvalue weighted by Crippen LogP contribution is 2.13. The van der Waals surface area contributed by atoms with Crippen LogP contribution in [0.4, 0.5) is 13.2 Å². The second kappa shape index (κ2) is 8.02. The highest BCUT2D eigenvalue weighted by molar-refractivity contribution is 4.45. The molecule has 0 unspecified atom stereocenters. The van der Waals surface area contributed by atoms with Crippen molar-refractivity contribution < 1.29 is 23.1 Å². The molecule has 0 amide bonds. The third-order valence-electron chi connectivity index (χ3n) is 1.52. The molecule has 0 aliphatic carbocycles. The van der Waals surface area contributed by atoms with Crippen molar-refractivity contribution in [3.05, 3.63) is 0 Å². The quantitative estimate of drug-likeness (QED) is 0.477. The summed E-state index contributed by atoms with van der Waals surface area (Å²) in [6.45, 7) is -0.691. The molecular weight excluding hydrogens is 199 g/mol. The number of halogens is 3. The first-order chi connectivity index (χ1) is 6.56. The van der Waals surface area contributed by atoms with Gasteiger partial charge in [-0.05, 0) is 12.8 Å². The van der Waals surface area contributed by atoms with Crippen molar-refractivity contribution in [2.24, 2.45) is 0 Å². The van der Waals surface area contributed by atoms with Gasteiger partial charge in [0.15, 0.2) is 6.61 Å². The van der Waals surface area contributed by atoms with E-state index in [2.05, 4.69) is 10.3 Å². The fourth-order valence-corrected chi connectivity index (χ4v) is 0.868. The zero-order chi connectivity index (χ0) is 10.9. The molecule has 0 heterocycles. The van der Waals surface area contributed by atoms with E-state index in [0.717, 1.165) is 25.7 Å². The van der Waals surface area contributed by atoms with Gasteiger partial charge in [-0.3, -0.25) is 4.84 Å². The van der Waals surface area contributed by atoms with Crippen LogP contribution in [0.25, 0.3) is 0 Å². The molecule has 0 aromatic carbocycles. The maximum atomic E-state index is 11.5. The van der Waals surface area contributed by atoms with Crippen LogP contribution in [-0.2, 0) is 4.84 Å². The molecule has 0 aromatic heterocycles. The lowest BCUT2D eigenvalue weighted by Crippen LogP contribution is -2.25. The zero-order valence-electron chi connectivity index (χ0n) is 7.94. The molecule has 86 valence electrons. The Kier molecular flexibility index (Phi) is 7.83. The van der Waals surface area contributed by atoms with Crippen molar-refractivity contribution in [1.82, 2.24) is 5.48 Å². The summed E-state index contributed by atoms with van der Waals surface area (Å²) in [5.41, 5.74) is 2.24. The molecule has 0 spiro atoms. The van der Waals surface area contributed by atoms with Gasteiger partial charge in [0.05, 0.1) is 0 Å². The van der Waals surface area contributed by atoms with E-state index in [1.807, 2.05) is 0 Å². The molecule has 0 fully saturated rings. The first-order valence-electron chi connectivity index (χ1n) is 4.58. The van der Waals surface area contributed by atoms with Gasteiger partial charge in [-0.15, -0.1) is 0 Å². The van der Waals surface area contributed by atoms with Gasteiger partial charge in [0.25, 0.3) is 0 Å². The molecule has 0 aliphatic heterocycles. The van der Waals surface area contributed by atoms with Gasteiger partial charge in [0, 0.05) is 13.2 Å². The summed E-state index contributed by atoms with van der Waals surface area (Å²) in [5.74, 6) is 0. The minimum atomic E-state index is -4.27. The van der Waals surface area contributed by atoms with E-state index >= 15 is 0 Å². The minimum absolute atomic E-state index is 0.165. The van der Waals surface area contributed by atoms with E-state index in [1.54, 1.807) is 0 Å². The number of alkyl halides is 3. The molecule has 0 bridgehead atoms. The predicted octanol–water partition coefficient (Wildman–Crippen LogP) is 1.62. The molecule has 0 aromatic rings. The van der Waals surface area contributed by atoms with E-state index < -0.39 is 12.8 Å². The molecule has 0 radical (unpaired) electrons. The van der Waals surface area contributed by atoms with E-state index in [-0.39, 0.29) is 6.61 Å². The lowest BCUT2D eigenvalue weighted by molar-refractivity contribution is -0.189. The van der Waals surface area contributed by atoms with Gasteiger partial charge in [0.2, 0.25) is 0 Å². The van der Waals surface area contributed by atoms with Gasteiger partial charge in [-0.1, -0.05) is 12.8 Å². The van der Waals surface area contributed by atoms with Crippen LogP contribution in [0, 0.1) is 0 Å². The highest BCUT2D eigenvalue weighted by atomic mass is 19.4. The average Bonchev–Trinajstić information content (AvgIpc) is 2.08. The van der Waals surface area contributed by atoms with E-state index in [9.17, 15) is 13.2 Å².